The number of rotatable bonds is 1. The Morgan fingerprint density at radius 2 is 1.62 bits per heavy atom. The standard InChI is InChI=1S/C7H9BrF3NOS.C2H6/c1-4(8)5(2)14(3)12-6(13)7(9,10)11;1-2/h1-3H3;1-2H3/b5-4-;. The zero-order valence-corrected chi connectivity index (χ0v) is 12.2. The van der Waals surface area contributed by atoms with Gasteiger partial charge in [0, 0.05) is 9.39 Å². The Bertz CT molecular complexity index is 306. The first kappa shape index (κ1) is 18.2. The SMILES string of the molecule is C/C(Br)=C(\C)S(C)=NC(=O)C(F)(F)F.CC. The monoisotopic (exact) mass is 321 g/mol. The van der Waals surface area contributed by atoms with Gasteiger partial charge in [0.25, 0.3) is 0 Å². The average molecular weight is 322 g/mol. The van der Waals surface area contributed by atoms with E-state index in [0.717, 1.165) is 0 Å². The van der Waals surface area contributed by atoms with Gasteiger partial charge in [0.05, 0.1) is 0 Å². The van der Waals surface area contributed by atoms with Gasteiger partial charge in [-0.05, 0) is 20.1 Å². The van der Waals surface area contributed by atoms with Crippen molar-refractivity contribution in [1.29, 1.82) is 0 Å². The van der Waals surface area contributed by atoms with E-state index in [9.17, 15) is 18.0 Å². The minimum absolute atomic E-state index is 0.627. The average Bonchev–Trinajstić information content (AvgIpc) is 2.17. The third-order valence-corrected chi connectivity index (χ3v) is 3.88. The summed E-state index contributed by atoms with van der Waals surface area (Å²) in [4.78, 5) is 11.1. The maximum absolute atomic E-state index is 11.8. The molecule has 0 saturated heterocycles. The van der Waals surface area contributed by atoms with Crippen LogP contribution in [0.2, 0.25) is 0 Å². The summed E-state index contributed by atoms with van der Waals surface area (Å²) in [6, 6.07) is 0. The molecule has 7 heteroatoms. The zero-order chi connectivity index (χ0) is 13.5. The van der Waals surface area contributed by atoms with Gasteiger partial charge in [-0.15, -0.1) is 0 Å². The smallest absolute Gasteiger partial charge is 0.261 e. The summed E-state index contributed by atoms with van der Waals surface area (Å²) in [5.74, 6) is -2.03. The van der Waals surface area contributed by atoms with Crippen LogP contribution in [-0.2, 0) is 15.5 Å². The topological polar surface area (TPSA) is 29.4 Å². The number of halogens is 4. The molecule has 0 spiro atoms. The molecule has 2 nitrogen and oxygen atoms in total. The second kappa shape index (κ2) is 8.00. The highest BCUT2D eigenvalue weighted by Gasteiger charge is 2.38. The summed E-state index contributed by atoms with van der Waals surface area (Å²) in [5, 5.41) is 0. The van der Waals surface area contributed by atoms with E-state index in [0.29, 0.717) is 9.39 Å². The quantitative estimate of drug-likeness (QED) is 0.712. The lowest BCUT2D eigenvalue weighted by Crippen LogP contribution is -2.20. The van der Waals surface area contributed by atoms with Crippen LogP contribution in [0.3, 0.4) is 0 Å². The summed E-state index contributed by atoms with van der Waals surface area (Å²) >= 11 is 3.11. The third-order valence-electron chi connectivity index (χ3n) is 1.39. The van der Waals surface area contributed by atoms with Gasteiger partial charge in [-0.2, -0.15) is 17.5 Å². The molecular formula is C9H15BrF3NOS. The Hall–Kier alpha value is -0.170. The van der Waals surface area contributed by atoms with Crippen molar-refractivity contribution in [2.24, 2.45) is 4.36 Å². The van der Waals surface area contributed by atoms with Crippen LogP contribution in [0.1, 0.15) is 27.7 Å². The lowest BCUT2D eigenvalue weighted by atomic mass is 10.6. The van der Waals surface area contributed by atoms with E-state index in [1.807, 2.05) is 13.8 Å². The molecule has 0 rings (SSSR count). The van der Waals surface area contributed by atoms with Gasteiger partial charge >= 0.3 is 12.1 Å². The van der Waals surface area contributed by atoms with Crippen LogP contribution in [0.25, 0.3) is 0 Å². The minimum atomic E-state index is -4.87. The molecule has 0 aliphatic carbocycles. The lowest BCUT2D eigenvalue weighted by molar-refractivity contribution is -0.169. The Morgan fingerprint density at radius 3 is 1.88 bits per heavy atom. The van der Waals surface area contributed by atoms with Crippen molar-refractivity contribution in [3.63, 3.8) is 0 Å². The summed E-state index contributed by atoms with van der Waals surface area (Å²) in [5.41, 5.74) is 0. The molecule has 0 radical (unpaired) electrons. The molecule has 0 saturated carbocycles. The first-order valence-electron chi connectivity index (χ1n) is 4.48. The van der Waals surface area contributed by atoms with Crippen molar-refractivity contribution in [3.05, 3.63) is 9.39 Å². The normalized spacial score (nSPS) is 14.8. The predicted molar refractivity (Wildman–Crippen MR) is 65.4 cm³/mol. The Labute approximate surface area is 105 Å². The number of carbonyl (C=O) groups is 1. The second-order valence-electron chi connectivity index (χ2n) is 2.46. The van der Waals surface area contributed by atoms with Crippen molar-refractivity contribution < 1.29 is 18.0 Å². The highest BCUT2D eigenvalue weighted by Crippen LogP contribution is 2.19. The van der Waals surface area contributed by atoms with Gasteiger partial charge in [-0.1, -0.05) is 40.5 Å². The maximum Gasteiger partial charge on any atom is 0.474 e. The molecule has 1 atom stereocenters. The summed E-state index contributed by atoms with van der Waals surface area (Å²) in [7, 11) is -1.03. The third kappa shape index (κ3) is 7.16. The number of amides is 1. The molecule has 0 fully saturated rings. The molecule has 0 N–H and O–H groups in total. The molecule has 0 aliphatic rings. The first-order chi connectivity index (χ1) is 7.16. The van der Waals surface area contributed by atoms with E-state index < -0.39 is 22.8 Å². The highest BCUT2D eigenvalue weighted by molar-refractivity contribution is 9.11. The number of hydrogen-bond acceptors (Lipinski definition) is 1. The highest BCUT2D eigenvalue weighted by atomic mass is 79.9. The van der Waals surface area contributed by atoms with Gasteiger partial charge in [-0.3, -0.25) is 4.79 Å². The lowest BCUT2D eigenvalue weighted by Gasteiger charge is -2.04. The predicted octanol–water partition coefficient (Wildman–Crippen LogP) is 4.18. The van der Waals surface area contributed by atoms with E-state index in [2.05, 4.69) is 20.3 Å². The van der Waals surface area contributed by atoms with E-state index in [1.165, 1.54) is 6.26 Å². The number of nitrogens with zero attached hydrogens (tertiary/aromatic N) is 1. The summed E-state index contributed by atoms with van der Waals surface area (Å²) in [6.07, 6.45) is -3.41. The van der Waals surface area contributed by atoms with Crippen LogP contribution in [0.15, 0.2) is 13.8 Å². The van der Waals surface area contributed by atoms with Crippen LogP contribution in [0.4, 0.5) is 13.2 Å². The Kier molecular flexibility index (Phi) is 9.10. The van der Waals surface area contributed by atoms with Crippen LogP contribution < -0.4 is 0 Å². The minimum Gasteiger partial charge on any atom is -0.261 e. The summed E-state index contributed by atoms with van der Waals surface area (Å²) < 4.78 is 39.2. The zero-order valence-electron chi connectivity index (χ0n) is 9.78. The number of hydrogen-bond donors (Lipinski definition) is 0. The number of alkyl halides is 3. The van der Waals surface area contributed by atoms with Crippen LogP contribution >= 0.6 is 15.9 Å². The van der Waals surface area contributed by atoms with Gasteiger partial charge in [0.1, 0.15) is 0 Å². The van der Waals surface area contributed by atoms with Gasteiger partial charge in [0.15, 0.2) is 0 Å². The Balaban J connectivity index is 0. The molecule has 0 aromatic heterocycles. The Morgan fingerprint density at radius 1 is 1.25 bits per heavy atom. The molecule has 0 aromatic carbocycles. The molecule has 16 heavy (non-hydrogen) atoms. The molecule has 1 amide bonds. The van der Waals surface area contributed by atoms with Crippen molar-refractivity contribution in [3.8, 4) is 0 Å². The molecule has 1 unspecified atom stereocenters. The van der Waals surface area contributed by atoms with Gasteiger partial charge in [0.2, 0.25) is 0 Å². The number of carbonyl (C=O) groups excluding carboxylic acids is 1. The second-order valence-corrected chi connectivity index (χ2v) is 5.40. The van der Waals surface area contributed by atoms with Crippen molar-refractivity contribution in [2.45, 2.75) is 33.9 Å². The molecular weight excluding hydrogens is 307 g/mol. The molecule has 0 heterocycles. The molecule has 0 aliphatic heterocycles. The first-order valence-corrected chi connectivity index (χ1v) is 6.86. The largest absolute Gasteiger partial charge is 0.474 e. The fourth-order valence-corrected chi connectivity index (χ4v) is 2.05. The summed E-state index contributed by atoms with van der Waals surface area (Å²) in [6.45, 7) is 7.31. The fourth-order valence-electron chi connectivity index (χ4n) is 0.448. The molecule has 0 aromatic rings. The van der Waals surface area contributed by atoms with E-state index in [-0.39, 0.29) is 0 Å². The van der Waals surface area contributed by atoms with Crippen molar-refractivity contribution in [1.82, 2.24) is 0 Å². The van der Waals surface area contributed by atoms with E-state index in [4.69, 9.17) is 0 Å². The van der Waals surface area contributed by atoms with E-state index >= 15 is 0 Å². The van der Waals surface area contributed by atoms with E-state index in [1.54, 1.807) is 13.8 Å². The maximum atomic E-state index is 11.8. The van der Waals surface area contributed by atoms with Gasteiger partial charge in [-0.25, -0.2) is 0 Å². The fraction of sp³-hybridized carbons (Fsp3) is 0.667. The molecule has 0 bridgehead atoms. The van der Waals surface area contributed by atoms with Crippen molar-refractivity contribution >= 4 is 32.5 Å². The number of allylic oxidation sites excluding steroid dienone is 2. The molecule has 96 valence electrons. The van der Waals surface area contributed by atoms with Crippen LogP contribution in [0, 0.1) is 0 Å². The van der Waals surface area contributed by atoms with Crippen LogP contribution in [-0.4, -0.2) is 18.3 Å². The van der Waals surface area contributed by atoms with Crippen molar-refractivity contribution in [2.75, 3.05) is 6.26 Å². The van der Waals surface area contributed by atoms with Crippen LogP contribution in [0.5, 0.6) is 0 Å². The van der Waals surface area contributed by atoms with Gasteiger partial charge < -0.3 is 0 Å².